The Bertz CT molecular complexity index is 336. The number of aliphatic imine (C=N–C) groups is 1. The van der Waals surface area contributed by atoms with Crippen LogP contribution in [0.1, 0.15) is 19.4 Å². The third-order valence-electron chi connectivity index (χ3n) is 1.89. The summed E-state index contributed by atoms with van der Waals surface area (Å²) in [6.07, 6.45) is 0. The molecule has 0 amide bonds. The van der Waals surface area contributed by atoms with Crippen LogP contribution in [0.5, 0.6) is 5.75 Å². The smallest absolute Gasteiger partial charge is 0.146 e. The summed E-state index contributed by atoms with van der Waals surface area (Å²) >= 11 is 0. The number of rotatable bonds is 4. The molecule has 0 heterocycles. The van der Waals surface area contributed by atoms with E-state index in [4.69, 9.17) is 10.6 Å². The first-order valence-electron chi connectivity index (χ1n) is 5.06. The van der Waals surface area contributed by atoms with Gasteiger partial charge in [-0.05, 0) is 26.0 Å². The van der Waals surface area contributed by atoms with Crippen molar-refractivity contribution < 1.29 is 4.74 Å². The maximum atomic E-state index is 5.49. The topological polar surface area (TPSA) is 59.6 Å². The lowest BCUT2D eigenvalue weighted by Crippen LogP contribution is -2.31. The summed E-state index contributed by atoms with van der Waals surface area (Å²) in [7, 11) is 0. The van der Waals surface area contributed by atoms with Crippen molar-refractivity contribution in [2.75, 3.05) is 13.2 Å². The van der Waals surface area contributed by atoms with E-state index in [2.05, 4.69) is 10.4 Å². The van der Waals surface area contributed by atoms with Gasteiger partial charge in [-0.1, -0.05) is 12.1 Å². The average Bonchev–Trinajstić information content (AvgIpc) is 2.27. The zero-order chi connectivity index (χ0) is 11.1. The first-order chi connectivity index (χ1) is 7.33. The van der Waals surface area contributed by atoms with E-state index in [0.717, 1.165) is 11.3 Å². The molecule has 0 aliphatic heterocycles. The Morgan fingerprint density at radius 3 is 2.73 bits per heavy atom. The number of nitrogens with one attached hydrogen (secondary N) is 1. The lowest BCUT2D eigenvalue weighted by Gasteiger charge is -2.11. The highest BCUT2D eigenvalue weighted by molar-refractivity contribution is 6.00. The van der Waals surface area contributed by atoms with Crippen molar-refractivity contribution in [2.24, 2.45) is 10.8 Å². The minimum Gasteiger partial charge on any atom is -0.493 e. The number of hydrogen-bond donors (Lipinski definition) is 2. The SMILES string of the molecule is CCN=C(NN)c1ccccc1OCC. The van der Waals surface area contributed by atoms with Crippen LogP contribution in [-0.4, -0.2) is 19.0 Å². The molecule has 0 radical (unpaired) electrons. The van der Waals surface area contributed by atoms with E-state index in [0.29, 0.717) is 19.0 Å². The van der Waals surface area contributed by atoms with Gasteiger partial charge in [-0.25, -0.2) is 5.84 Å². The molecule has 15 heavy (non-hydrogen) atoms. The van der Waals surface area contributed by atoms with Gasteiger partial charge in [0.2, 0.25) is 0 Å². The molecule has 0 aliphatic carbocycles. The second-order valence-electron chi connectivity index (χ2n) is 2.90. The molecular weight excluding hydrogens is 190 g/mol. The lowest BCUT2D eigenvalue weighted by molar-refractivity contribution is 0.339. The van der Waals surface area contributed by atoms with Crippen LogP contribution in [-0.2, 0) is 0 Å². The third kappa shape index (κ3) is 2.95. The standard InChI is InChI=1S/C11H17N3O/c1-3-13-11(14-12)9-7-5-6-8-10(9)15-4-2/h5-8H,3-4,12H2,1-2H3,(H,13,14). The van der Waals surface area contributed by atoms with Crippen LogP contribution < -0.4 is 16.0 Å². The third-order valence-corrected chi connectivity index (χ3v) is 1.89. The van der Waals surface area contributed by atoms with Crippen LogP contribution in [0.4, 0.5) is 0 Å². The van der Waals surface area contributed by atoms with E-state index in [-0.39, 0.29) is 0 Å². The quantitative estimate of drug-likeness (QED) is 0.339. The predicted molar refractivity (Wildman–Crippen MR) is 62.0 cm³/mol. The van der Waals surface area contributed by atoms with E-state index in [1.165, 1.54) is 0 Å². The highest BCUT2D eigenvalue weighted by Gasteiger charge is 2.07. The highest BCUT2D eigenvalue weighted by atomic mass is 16.5. The van der Waals surface area contributed by atoms with Crippen molar-refractivity contribution in [1.82, 2.24) is 5.43 Å². The molecule has 0 aromatic heterocycles. The van der Waals surface area contributed by atoms with Crippen molar-refractivity contribution in [3.05, 3.63) is 29.8 Å². The fraction of sp³-hybridized carbons (Fsp3) is 0.364. The molecule has 0 fully saturated rings. The molecule has 0 unspecified atom stereocenters. The van der Waals surface area contributed by atoms with Crippen LogP contribution >= 0.6 is 0 Å². The Morgan fingerprint density at radius 1 is 1.40 bits per heavy atom. The molecule has 0 aliphatic rings. The summed E-state index contributed by atoms with van der Waals surface area (Å²) in [5.41, 5.74) is 3.48. The molecule has 1 aromatic carbocycles. The molecule has 1 aromatic rings. The molecule has 4 heteroatoms. The molecule has 0 spiro atoms. The van der Waals surface area contributed by atoms with Gasteiger partial charge in [-0.15, -0.1) is 0 Å². The first-order valence-corrected chi connectivity index (χ1v) is 5.06. The summed E-state index contributed by atoms with van der Waals surface area (Å²) in [6.45, 7) is 5.21. The number of para-hydroxylation sites is 1. The first kappa shape index (κ1) is 11.5. The van der Waals surface area contributed by atoms with Crippen LogP contribution in [0.3, 0.4) is 0 Å². The molecule has 4 nitrogen and oxygen atoms in total. The van der Waals surface area contributed by atoms with E-state index < -0.39 is 0 Å². The Hall–Kier alpha value is -1.55. The summed E-state index contributed by atoms with van der Waals surface area (Å²) in [4.78, 5) is 4.26. The van der Waals surface area contributed by atoms with E-state index in [1.54, 1.807) is 0 Å². The number of nitrogens with zero attached hydrogens (tertiary/aromatic N) is 1. The summed E-state index contributed by atoms with van der Waals surface area (Å²) in [5.74, 6) is 6.87. The predicted octanol–water partition coefficient (Wildman–Crippen LogP) is 1.32. The summed E-state index contributed by atoms with van der Waals surface area (Å²) < 4.78 is 5.49. The Kier molecular flexibility index (Phi) is 4.63. The van der Waals surface area contributed by atoms with Crippen molar-refractivity contribution in [3.8, 4) is 5.75 Å². The maximum Gasteiger partial charge on any atom is 0.146 e. The Balaban J connectivity index is 3.05. The van der Waals surface area contributed by atoms with Crippen LogP contribution in [0.15, 0.2) is 29.3 Å². The van der Waals surface area contributed by atoms with E-state index >= 15 is 0 Å². The normalized spacial score (nSPS) is 11.3. The minimum atomic E-state index is 0.626. The lowest BCUT2D eigenvalue weighted by atomic mass is 10.2. The van der Waals surface area contributed by atoms with Gasteiger partial charge in [0.15, 0.2) is 0 Å². The molecule has 3 N–H and O–H groups in total. The maximum absolute atomic E-state index is 5.49. The molecule has 0 bridgehead atoms. The van der Waals surface area contributed by atoms with Gasteiger partial charge in [0, 0.05) is 6.54 Å². The minimum absolute atomic E-state index is 0.626. The van der Waals surface area contributed by atoms with Gasteiger partial charge in [-0.2, -0.15) is 0 Å². The molecule has 1 rings (SSSR count). The second kappa shape index (κ2) is 6.03. The zero-order valence-corrected chi connectivity index (χ0v) is 9.16. The second-order valence-corrected chi connectivity index (χ2v) is 2.90. The Morgan fingerprint density at radius 2 is 2.13 bits per heavy atom. The van der Waals surface area contributed by atoms with Gasteiger partial charge in [0.05, 0.1) is 12.2 Å². The number of hydrogen-bond acceptors (Lipinski definition) is 3. The summed E-state index contributed by atoms with van der Waals surface area (Å²) in [5, 5.41) is 0. The molecule has 0 atom stereocenters. The van der Waals surface area contributed by atoms with Crippen molar-refractivity contribution in [3.63, 3.8) is 0 Å². The molecule has 0 saturated carbocycles. The monoisotopic (exact) mass is 207 g/mol. The molecule has 0 saturated heterocycles. The summed E-state index contributed by atoms with van der Waals surface area (Å²) in [6, 6.07) is 7.69. The fourth-order valence-corrected chi connectivity index (χ4v) is 1.31. The Labute approximate surface area is 90.1 Å². The average molecular weight is 207 g/mol. The van der Waals surface area contributed by atoms with Gasteiger partial charge in [0.25, 0.3) is 0 Å². The van der Waals surface area contributed by atoms with Gasteiger partial charge in [0.1, 0.15) is 11.6 Å². The van der Waals surface area contributed by atoms with Crippen LogP contribution in [0.2, 0.25) is 0 Å². The largest absolute Gasteiger partial charge is 0.493 e. The molecular formula is C11H17N3O. The van der Waals surface area contributed by atoms with Gasteiger partial charge >= 0.3 is 0 Å². The van der Waals surface area contributed by atoms with Gasteiger partial charge in [-0.3, -0.25) is 4.99 Å². The number of benzene rings is 1. The number of ether oxygens (including phenoxy) is 1. The highest BCUT2D eigenvalue weighted by Crippen LogP contribution is 2.17. The van der Waals surface area contributed by atoms with Crippen LogP contribution in [0.25, 0.3) is 0 Å². The van der Waals surface area contributed by atoms with Gasteiger partial charge < -0.3 is 10.2 Å². The zero-order valence-electron chi connectivity index (χ0n) is 9.16. The van der Waals surface area contributed by atoms with Crippen LogP contribution in [0, 0.1) is 0 Å². The van der Waals surface area contributed by atoms with Crippen molar-refractivity contribution in [2.45, 2.75) is 13.8 Å². The number of hydrazine groups is 1. The van der Waals surface area contributed by atoms with E-state index in [1.807, 2.05) is 38.1 Å². The molecule has 82 valence electrons. The number of nitrogens with two attached hydrogens (primary N) is 1. The number of amidine groups is 1. The van der Waals surface area contributed by atoms with Crippen molar-refractivity contribution in [1.29, 1.82) is 0 Å². The van der Waals surface area contributed by atoms with E-state index in [9.17, 15) is 0 Å². The fourth-order valence-electron chi connectivity index (χ4n) is 1.31. The van der Waals surface area contributed by atoms with Crippen molar-refractivity contribution >= 4 is 5.84 Å².